The molecule has 32 heavy (non-hydrogen) atoms. The van der Waals surface area contributed by atoms with Gasteiger partial charge in [-0.1, -0.05) is 61.7 Å². The Balaban J connectivity index is 1.88. The average Bonchev–Trinajstić information content (AvgIpc) is 3.20. The van der Waals surface area contributed by atoms with E-state index in [0.717, 1.165) is 11.1 Å². The SMILES string of the molecule is CC#CCc1nc(C(F)(F)CCCC)nn1Cc1ccc(-c2ccccc2C(=O)O)cc1. The number of halogens is 2. The fourth-order valence-corrected chi connectivity index (χ4v) is 3.35. The molecule has 7 heteroatoms. The van der Waals surface area contributed by atoms with Gasteiger partial charge in [0.05, 0.1) is 18.5 Å². The Hall–Kier alpha value is -3.53. The monoisotopic (exact) mass is 437 g/mol. The molecule has 0 aliphatic heterocycles. The fourth-order valence-electron chi connectivity index (χ4n) is 3.35. The van der Waals surface area contributed by atoms with E-state index in [1.807, 2.05) is 31.2 Å². The maximum absolute atomic E-state index is 14.5. The van der Waals surface area contributed by atoms with E-state index < -0.39 is 17.7 Å². The van der Waals surface area contributed by atoms with Crippen molar-refractivity contribution in [3.05, 3.63) is 71.3 Å². The Labute approximate surface area is 186 Å². The van der Waals surface area contributed by atoms with Crippen molar-refractivity contribution in [2.75, 3.05) is 0 Å². The number of alkyl halides is 2. The number of aromatic nitrogens is 3. The van der Waals surface area contributed by atoms with E-state index in [1.54, 1.807) is 31.2 Å². The molecule has 0 atom stereocenters. The minimum Gasteiger partial charge on any atom is -0.478 e. The molecule has 3 rings (SSSR count). The second-order valence-electron chi connectivity index (χ2n) is 7.47. The highest BCUT2D eigenvalue weighted by molar-refractivity contribution is 5.95. The molecule has 0 saturated carbocycles. The summed E-state index contributed by atoms with van der Waals surface area (Å²) in [7, 11) is 0. The van der Waals surface area contributed by atoms with Crippen LogP contribution in [0.15, 0.2) is 48.5 Å². The van der Waals surface area contributed by atoms with Crippen LogP contribution in [-0.4, -0.2) is 25.8 Å². The number of benzene rings is 2. The first-order chi connectivity index (χ1) is 15.4. The van der Waals surface area contributed by atoms with Crippen LogP contribution < -0.4 is 0 Å². The highest BCUT2D eigenvalue weighted by Gasteiger charge is 2.36. The zero-order valence-electron chi connectivity index (χ0n) is 18.1. The van der Waals surface area contributed by atoms with Gasteiger partial charge in [0.25, 0.3) is 0 Å². The van der Waals surface area contributed by atoms with Crippen molar-refractivity contribution in [1.29, 1.82) is 0 Å². The molecule has 3 aromatic rings. The Morgan fingerprint density at radius 2 is 1.88 bits per heavy atom. The minimum atomic E-state index is -3.08. The van der Waals surface area contributed by atoms with Crippen molar-refractivity contribution in [1.82, 2.24) is 14.8 Å². The summed E-state index contributed by atoms with van der Waals surface area (Å²) in [5, 5.41) is 13.5. The van der Waals surface area contributed by atoms with Crippen LogP contribution in [0.3, 0.4) is 0 Å². The first-order valence-electron chi connectivity index (χ1n) is 10.5. The van der Waals surface area contributed by atoms with Crippen LogP contribution in [0.2, 0.25) is 0 Å². The molecule has 0 amide bonds. The quantitative estimate of drug-likeness (QED) is 0.447. The Morgan fingerprint density at radius 3 is 2.53 bits per heavy atom. The van der Waals surface area contributed by atoms with Gasteiger partial charge in [-0.2, -0.15) is 8.78 Å². The van der Waals surface area contributed by atoms with Gasteiger partial charge in [0.1, 0.15) is 5.82 Å². The first kappa shape index (κ1) is 23.1. The molecule has 0 unspecified atom stereocenters. The highest BCUT2D eigenvalue weighted by Crippen LogP contribution is 2.31. The van der Waals surface area contributed by atoms with Gasteiger partial charge in [0.2, 0.25) is 5.82 Å². The molecule has 1 aromatic heterocycles. The number of carboxylic acid groups (broad SMARTS) is 1. The molecule has 0 saturated heterocycles. The zero-order valence-corrected chi connectivity index (χ0v) is 18.1. The summed E-state index contributed by atoms with van der Waals surface area (Å²) in [6.45, 7) is 3.81. The van der Waals surface area contributed by atoms with Crippen molar-refractivity contribution in [3.8, 4) is 23.0 Å². The Morgan fingerprint density at radius 1 is 1.16 bits per heavy atom. The summed E-state index contributed by atoms with van der Waals surface area (Å²) in [4.78, 5) is 15.6. The Bertz CT molecular complexity index is 1140. The lowest BCUT2D eigenvalue weighted by atomic mass is 9.99. The molecule has 5 nitrogen and oxygen atoms in total. The van der Waals surface area contributed by atoms with Gasteiger partial charge in [0.15, 0.2) is 0 Å². The summed E-state index contributed by atoms with van der Waals surface area (Å²) in [6, 6.07) is 14.1. The molecule has 0 aliphatic rings. The van der Waals surface area contributed by atoms with Crippen LogP contribution in [-0.2, 0) is 18.9 Å². The number of hydrogen-bond donors (Lipinski definition) is 1. The summed E-state index contributed by atoms with van der Waals surface area (Å²) < 4.78 is 30.5. The normalized spacial score (nSPS) is 11.1. The molecule has 0 aliphatic carbocycles. The lowest BCUT2D eigenvalue weighted by Crippen LogP contribution is -2.16. The molecule has 0 spiro atoms. The number of aromatic carboxylic acids is 1. The van der Waals surface area contributed by atoms with Crippen LogP contribution in [0.1, 0.15) is 60.7 Å². The maximum atomic E-state index is 14.5. The number of carbonyl (C=O) groups is 1. The van der Waals surface area contributed by atoms with Crippen LogP contribution >= 0.6 is 0 Å². The number of rotatable bonds is 9. The molecule has 0 radical (unpaired) electrons. The number of hydrogen-bond acceptors (Lipinski definition) is 3. The van der Waals surface area contributed by atoms with Crippen molar-refractivity contribution < 1.29 is 18.7 Å². The van der Waals surface area contributed by atoms with E-state index in [0.29, 0.717) is 24.2 Å². The second-order valence-corrected chi connectivity index (χ2v) is 7.47. The summed E-state index contributed by atoms with van der Waals surface area (Å²) in [5.74, 6) is 1.48. The predicted molar refractivity (Wildman–Crippen MR) is 119 cm³/mol. The van der Waals surface area contributed by atoms with Crippen molar-refractivity contribution >= 4 is 5.97 Å². The zero-order chi connectivity index (χ0) is 23.1. The smallest absolute Gasteiger partial charge is 0.336 e. The van der Waals surface area contributed by atoms with E-state index in [2.05, 4.69) is 21.9 Å². The number of unbranched alkanes of at least 4 members (excludes halogenated alkanes) is 1. The summed E-state index contributed by atoms with van der Waals surface area (Å²) >= 11 is 0. The number of carboxylic acids is 1. The molecular weight excluding hydrogens is 412 g/mol. The Kier molecular flexibility index (Phi) is 7.37. The largest absolute Gasteiger partial charge is 0.478 e. The third-order valence-corrected chi connectivity index (χ3v) is 5.10. The lowest BCUT2D eigenvalue weighted by molar-refractivity contribution is -0.0245. The first-order valence-corrected chi connectivity index (χ1v) is 10.5. The molecule has 0 bridgehead atoms. The lowest BCUT2D eigenvalue weighted by Gasteiger charge is -2.11. The molecule has 1 heterocycles. The van der Waals surface area contributed by atoms with Gasteiger partial charge in [0, 0.05) is 6.42 Å². The second kappa shape index (κ2) is 10.2. The molecule has 2 aromatic carbocycles. The van der Waals surface area contributed by atoms with Crippen molar-refractivity contribution in [2.24, 2.45) is 0 Å². The molecule has 0 fully saturated rings. The van der Waals surface area contributed by atoms with Crippen LogP contribution in [0.5, 0.6) is 0 Å². The molecule has 166 valence electrons. The summed E-state index contributed by atoms with van der Waals surface area (Å²) in [5.41, 5.74) is 2.43. The van der Waals surface area contributed by atoms with E-state index in [1.165, 1.54) is 4.68 Å². The highest BCUT2D eigenvalue weighted by atomic mass is 19.3. The van der Waals surface area contributed by atoms with Crippen LogP contribution in [0, 0.1) is 11.8 Å². The number of nitrogens with zero attached hydrogens (tertiary/aromatic N) is 3. The third kappa shape index (κ3) is 5.38. The van der Waals surface area contributed by atoms with Crippen LogP contribution in [0.4, 0.5) is 8.78 Å². The van der Waals surface area contributed by atoms with Gasteiger partial charge in [-0.15, -0.1) is 11.0 Å². The fraction of sp³-hybridized carbons (Fsp3) is 0.320. The van der Waals surface area contributed by atoms with Gasteiger partial charge in [-0.25, -0.2) is 14.5 Å². The average molecular weight is 437 g/mol. The van der Waals surface area contributed by atoms with E-state index >= 15 is 0 Å². The van der Waals surface area contributed by atoms with Gasteiger partial charge < -0.3 is 5.11 Å². The van der Waals surface area contributed by atoms with Crippen LogP contribution in [0.25, 0.3) is 11.1 Å². The van der Waals surface area contributed by atoms with Crippen molar-refractivity contribution in [3.63, 3.8) is 0 Å². The predicted octanol–water partition coefficient (Wildman–Crippen LogP) is 5.54. The van der Waals surface area contributed by atoms with E-state index in [9.17, 15) is 18.7 Å². The van der Waals surface area contributed by atoms with E-state index in [4.69, 9.17) is 0 Å². The third-order valence-electron chi connectivity index (χ3n) is 5.10. The molecular formula is C25H25F2N3O2. The molecule has 1 N–H and O–H groups in total. The van der Waals surface area contributed by atoms with Gasteiger partial charge in [-0.05, 0) is 36.1 Å². The van der Waals surface area contributed by atoms with Crippen molar-refractivity contribution in [2.45, 2.75) is 52.0 Å². The van der Waals surface area contributed by atoms with Gasteiger partial charge >= 0.3 is 11.9 Å². The standard InChI is InChI=1S/C25H25F2N3O2/c1-3-5-11-22-28-24(25(26,27)16-6-4-2)29-30(22)17-18-12-14-19(15-13-18)20-9-7-8-10-21(20)23(31)32/h7-10,12-15H,4,6,11,16-17H2,1-2H3,(H,31,32). The van der Waals surface area contributed by atoms with E-state index in [-0.39, 0.29) is 24.9 Å². The maximum Gasteiger partial charge on any atom is 0.336 e. The van der Waals surface area contributed by atoms with Gasteiger partial charge in [-0.3, -0.25) is 0 Å². The topological polar surface area (TPSA) is 68.0 Å². The minimum absolute atomic E-state index is 0.218. The summed E-state index contributed by atoms with van der Waals surface area (Å²) in [6.07, 6.45) is 1.01.